The van der Waals surface area contributed by atoms with Crippen molar-refractivity contribution in [2.45, 2.75) is 19.8 Å². The number of benzene rings is 1. The Bertz CT molecular complexity index is 804. The molecule has 3 fully saturated rings. The van der Waals surface area contributed by atoms with Crippen LogP contribution in [0.15, 0.2) is 36.4 Å². The molecule has 4 aliphatic rings. The summed E-state index contributed by atoms with van der Waals surface area (Å²) in [5.41, 5.74) is 0.801. The van der Waals surface area contributed by atoms with E-state index < -0.39 is 5.97 Å². The second kappa shape index (κ2) is 4.81. The fourth-order valence-corrected chi connectivity index (χ4v) is 5.37. The second-order valence-corrected chi connectivity index (χ2v) is 7.47. The molecule has 1 spiro atoms. The van der Waals surface area contributed by atoms with E-state index in [-0.39, 0.29) is 53.1 Å². The zero-order valence-electron chi connectivity index (χ0n) is 14.0. The average molecular weight is 337 g/mol. The molecule has 2 bridgehead atoms. The van der Waals surface area contributed by atoms with Crippen LogP contribution >= 0.6 is 0 Å². The summed E-state index contributed by atoms with van der Waals surface area (Å²) in [6, 6.07) is 6.72. The fourth-order valence-electron chi connectivity index (χ4n) is 5.37. The largest absolute Gasteiger partial charge is 0.462 e. The van der Waals surface area contributed by atoms with Crippen molar-refractivity contribution in [1.29, 1.82) is 0 Å². The topological polar surface area (TPSA) is 63.7 Å². The third-order valence-electron chi connectivity index (χ3n) is 6.49. The maximum absolute atomic E-state index is 13.2. The minimum atomic E-state index is -0.504. The van der Waals surface area contributed by atoms with Crippen LogP contribution in [-0.2, 0) is 14.3 Å². The summed E-state index contributed by atoms with van der Waals surface area (Å²) in [7, 11) is 0. The molecule has 5 rings (SSSR count). The highest BCUT2D eigenvalue weighted by atomic mass is 16.5. The lowest BCUT2D eigenvalue weighted by Crippen LogP contribution is -2.35. The predicted octanol–water partition coefficient (Wildman–Crippen LogP) is 2.56. The Morgan fingerprint density at radius 2 is 1.72 bits per heavy atom. The monoisotopic (exact) mass is 337 g/mol. The minimum absolute atomic E-state index is 0.158. The molecule has 0 unspecified atom stereocenters. The summed E-state index contributed by atoms with van der Waals surface area (Å²) < 4.78 is 5.09. The van der Waals surface area contributed by atoms with Gasteiger partial charge in [-0.25, -0.2) is 9.69 Å². The molecule has 1 aliphatic heterocycles. The summed E-state index contributed by atoms with van der Waals surface area (Å²) in [5.74, 6) is -0.988. The summed E-state index contributed by atoms with van der Waals surface area (Å²) in [4.78, 5) is 39.8. The number of rotatable bonds is 3. The van der Waals surface area contributed by atoms with Crippen molar-refractivity contribution >= 4 is 23.5 Å². The predicted molar refractivity (Wildman–Crippen MR) is 89.7 cm³/mol. The molecule has 3 aliphatic carbocycles. The van der Waals surface area contributed by atoms with Crippen molar-refractivity contribution in [1.82, 2.24) is 0 Å². The van der Waals surface area contributed by atoms with E-state index >= 15 is 0 Å². The van der Waals surface area contributed by atoms with Crippen molar-refractivity contribution in [3.63, 3.8) is 0 Å². The van der Waals surface area contributed by atoms with Crippen molar-refractivity contribution in [2.75, 3.05) is 11.5 Å². The highest BCUT2D eigenvalue weighted by molar-refractivity contribution is 6.24. The van der Waals surface area contributed by atoms with Crippen LogP contribution in [0.3, 0.4) is 0 Å². The van der Waals surface area contributed by atoms with Crippen molar-refractivity contribution in [2.24, 2.45) is 29.1 Å². The number of anilines is 1. The average Bonchev–Trinajstić information content (AvgIpc) is 3.20. The zero-order valence-corrected chi connectivity index (χ0v) is 14.0. The molecular weight excluding hydrogens is 318 g/mol. The molecule has 0 aromatic heterocycles. The van der Waals surface area contributed by atoms with E-state index in [4.69, 9.17) is 4.74 Å². The lowest BCUT2D eigenvalue weighted by Gasteiger charge is -2.23. The molecule has 1 aromatic rings. The number of amides is 2. The first-order valence-corrected chi connectivity index (χ1v) is 8.92. The second-order valence-electron chi connectivity index (χ2n) is 7.47. The number of carbonyl (C=O) groups excluding carboxylic acids is 3. The third kappa shape index (κ3) is 1.71. The van der Waals surface area contributed by atoms with Gasteiger partial charge in [0.25, 0.3) is 0 Å². The number of esters is 1. The molecule has 128 valence electrons. The van der Waals surface area contributed by atoms with Crippen LogP contribution in [0.2, 0.25) is 0 Å². The summed E-state index contributed by atoms with van der Waals surface area (Å²) in [6.45, 7) is 1.98. The Morgan fingerprint density at radius 3 is 2.28 bits per heavy atom. The van der Waals surface area contributed by atoms with Gasteiger partial charge in [0, 0.05) is 0 Å². The van der Waals surface area contributed by atoms with Gasteiger partial charge in [-0.1, -0.05) is 24.3 Å². The molecule has 4 atom stereocenters. The van der Waals surface area contributed by atoms with Gasteiger partial charge in [0.2, 0.25) is 11.8 Å². The number of hydrogen-bond donors (Lipinski definition) is 0. The molecule has 2 amide bonds. The zero-order chi connectivity index (χ0) is 17.3. The summed E-state index contributed by atoms with van der Waals surface area (Å²) >= 11 is 0. The van der Waals surface area contributed by atoms with Crippen LogP contribution in [0.25, 0.3) is 0 Å². The van der Waals surface area contributed by atoms with E-state index in [0.29, 0.717) is 5.69 Å². The van der Waals surface area contributed by atoms with Gasteiger partial charge in [-0.3, -0.25) is 9.59 Å². The Morgan fingerprint density at radius 1 is 1.12 bits per heavy atom. The number of imide groups is 1. The molecule has 1 heterocycles. The quantitative estimate of drug-likeness (QED) is 0.483. The lowest BCUT2D eigenvalue weighted by molar-refractivity contribution is -0.123. The number of fused-ring (bicyclic) bond motifs is 3. The van der Waals surface area contributed by atoms with Crippen LogP contribution < -0.4 is 4.90 Å². The molecule has 0 radical (unpaired) electrons. The van der Waals surface area contributed by atoms with E-state index in [0.717, 1.165) is 12.8 Å². The first-order valence-electron chi connectivity index (χ1n) is 8.92. The fraction of sp³-hybridized carbons (Fsp3) is 0.450. The van der Waals surface area contributed by atoms with Crippen molar-refractivity contribution in [3.8, 4) is 0 Å². The van der Waals surface area contributed by atoms with Crippen LogP contribution in [0.5, 0.6) is 0 Å². The third-order valence-corrected chi connectivity index (χ3v) is 6.49. The normalized spacial score (nSPS) is 33.2. The van der Waals surface area contributed by atoms with E-state index in [1.807, 2.05) is 0 Å². The van der Waals surface area contributed by atoms with Crippen molar-refractivity contribution < 1.29 is 19.1 Å². The lowest BCUT2D eigenvalue weighted by atomic mass is 9.85. The van der Waals surface area contributed by atoms with Gasteiger partial charge in [-0.05, 0) is 49.1 Å². The number of carbonyl (C=O) groups is 3. The number of nitrogens with zero attached hydrogens (tertiary/aromatic N) is 1. The number of hydrogen-bond acceptors (Lipinski definition) is 4. The Kier molecular flexibility index (Phi) is 2.86. The molecule has 1 saturated heterocycles. The Balaban J connectivity index is 1.55. The molecule has 5 heteroatoms. The van der Waals surface area contributed by atoms with Gasteiger partial charge in [0.05, 0.1) is 29.7 Å². The molecule has 1 aromatic carbocycles. The maximum atomic E-state index is 13.2. The number of para-hydroxylation sites is 1. The Hall–Kier alpha value is -2.43. The van der Waals surface area contributed by atoms with Crippen LogP contribution in [-0.4, -0.2) is 24.4 Å². The van der Waals surface area contributed by atoms with E-state index in [9.17, 15) is 14.4 Å². The van der Waals surface area contributed by atoms with Gasteiger partial charge in [-0.15, -0.1) is 0 Å². The summed E-state index contributed by atoms with van der Waals surface area (Å²) in [6.07, 6.45) is 6.51. The van der Waals surface area contributed by atoms with Crippen LogP contribution in [0, 0.1) is 29.1 Å². The first kappa shape index (κ1) is 14.9. The van der Waals surface area contributed by atoms with Gasteiger partial charge in [-0.2, -0.15) is 0 Å². The van der Waals surface area contributed by atoms with Gasteiger partial charge >= 0.3 is 5.97 Å². The van der Waals surface area contributed by atoms with Gasteiger partial charge < -0.3 is 4.74 Å². The number of ether oxygens (including phenoxy) is 1. The van der Waals surface area contributed by atoms with Crippen LogP contribution in [0.1, 0.15) is 30.1 Å². The highest BCUT2D eigenvalue weighted by Gasteiger charge is 2.73. The molecule has 25 heavy (non-hydrogen) atoms. The molecule has 2 saturated carbocycles. The smallest absolute Gasteiger partial charge is 0.340 e. The summed E-state index contributed by atoms with van der Waals surface area (Å²) in [5, 5.41) is 0. The van der Waals surface area contributed by atoms with Crippen LogP contribution in [0.4, 0.5) is 5.69 Å². The van der Waals surface area contributed by atoms with Gasteiger partial charge in [0.1, 0.15) is 0 Å². The highest BCUT2D eigenvalue weighted by Crippen LogP contribution is 2.73. The molecule has 0 N–H and O–H groups in total. The standard InChI is InChI=1S/C20H19NO4/c1-2-25-19(24)11-5-3-4-6-14(11)21-17(22)15-12-7-8-13(16(15)18(21)23)20(12)9-10-20/h3-8,12-13,15-16H,2,9-10H2,1H3/t12-,13+,15-,16+. The maximum Gasteiger partial charge on any atom is 0.340 e. The van der Waals surface area contributed by atoms with E-state index in [2.05, 4.69) is 12.2 Å². The molecule has 5 nitrogen and oxygen atoms in total. The van der Waals surface area contributed by atoms with E-state index in [1.165, 1.54) is 4.90 Å². The van der Waals surface area contributed by atoms with Gasteiger partial charge in [0.15, 0.2) is 0 Å². The number of allylic oxidation sites excluding steroid dienone is 2. The van der Waals surface area contributed by atoms with E-state index in [1.54, 1.807) is 31.2 Å². The SMILES string of the molecule is CCOC(=O)c1ccccc1N1C(=O)[C@@H]2[C@H](C1=O)[C@H]1C=C[C@@H]2C12CC2. The first-order chi connectivity index (χ1) is 12.1. The minimum Gasteiger partial charge on any atom is -0.462 e. The molecular formula is C20H19NO4. The Labute approximate surface area is 145 Å². The van der Waals surface area contributed by atoms with Crippen molar-refractivity contribution in [3.05, 3.63) is 42.0 Å².